The Morgan fingerprint density at radius 3 is 2.76 bits per heavy atom. The molecule has 108 valence electrons. The number of rotatable bonds is 4. The first-order valence-electron chi connectivity index (χ1n) is 6.87. The zero-order chi connectivity index (χ0) is 14.8. The molecule has 1 aliphatic rings. The van der Waals surface area contributed by atoms with Gasteiger partial charge in [-0.2, -0.15) is 0 Å². The first-order chi connectivity index (χ1) is 10.2. The smallest absolute Gasteiger partial charge is 0.259 e. The molecule has 5 heteroatoms. The summed E-state index contributed by atoms with van der Waals surface area (Å²) in [5.41, 5.74) is 1.38. The lowest BCUT2D eigenvalue weighted by molar-refractivity contribution is 0.0974. The van der Waals surface area contributed by atoms with E-state index in [0.717, 1.165) is 5.75 Å². The molecule has 0 fully saturated rings. The van der Waals surface area contributed by atoms with E-state index in [-0.39, 0.29) is 11.7 Å². The number of ether oxygens (including phenoxy) is 1. The standard InChI is InChI=1S/C16H15NO4/c1-2-20-11-5-3-10(4-6-11)17-16(19)12-9-21-14-8-7-13(18)15(12)14/h3-6,9H,2,7-8H2,1H3,(H,17,19). The van der Waals surface area contributed by atoms with Gasteiger partial charge in [0.15, 0.2) is 5.78 Å². The van der Waals surface area contributed by atoms with Crippen molar-refractivity contribution in [3.05, 3.63) is 47.4 Å². The van der Waals surface area contributed by atoms with E-state index in [1.165, 1.54) is 6.26 Å². The molecule has 0 saturated carbocycles. The van der Waals surface area contributed by atoms with Gasteiger partial charge in [-0.3, -0.25) is 9.59 Å². The first kappa shape index (κ1) is 13.4. The second kappa shape index (κ2) is 5.44. The van der Waals surface area contributed by atoms with Gasteiger partial charge in [0, 0.05) is 18.5 Å². The fourth-order valence-corrected chi connectivity index (χ4v) is 2.41. The number of aryl methyl sites for hydroxylation is 1. The van der Waals surface area contributed by atoms with Gasteiger partial charge in [0.1, 0.15) is 17.8 Å². The van der Waals surface area contributed by atoms with Crippen molar-refractivity contribution >= 4 is 17.4 Å². The van der Waals surface area contributed by atoms with Gasteiger partial charge in [0.2, 0.25) is 0 Å². The van der Waals surface area contributed by atoms with Crippen molar-refractivity contribution < 1.29 is 18.7 Å². The molecule has 0 radical (unpaired) electrons. The van der Waals surface area contributed by atoms with Crippen molar-refractivity contribution in [2.45, 2.75) is 19.8 Å². The molecule has 21 heavy (non-hydrogen) atoms. The Labute approximate surface area is 121 Å². The SMILES string of the molecule is CCOc1ccc(NC(=O)c2coc3c2C(=O)CC3)cc1. The van der Waals surface area contributed by atoms with Crippen molar-refractivity contribution in [1.29, 1.82) is 0 Å². The van der Waals surface area contributed by atoms with E-state index < -0.39 is 0 Å². The van der Waals surface area contributed by atoms with Gasteiger partial charge in [-0.1, -0.05) is 0 Å². The van der Waals surface area contributed by atoms with Crippen LogP contribution in [0.3, 0.4) is 0 Å². The summed E-state index contributed by atoms with van der Waals surface area (Å²) in [7, 11) is 0. The quantitative estimate of drug-likeness (QED) is 0.937. The third-order valence-electron chi connectivity index (χ3n) is 3.39. The topological polar surface area (TPSA) is 68.5 Å². The van der Waals surface area contributed by atoms with E-state index in [1.54, 1.807) is 24.3 Å². The Morgan fingerprint density at radius 1 is 1.29 bits per heavy atom. The molecule has 3 rings (SSSR count). The van der Waals surface area contributed by atoms with Gasteiger partial charge in [-0.25, -0.2) is 0 Å². The maximum absolute atomic E-state index is 12.2. The van der Waals surface area contributed by atoms with Gasteiger partial charge >= 0.3 is 0 Å². The molecule has 0 bridgehead atoms. The molecular weight excluding hydrogens is 270 g/mol. The maximum atomic E-state index is 12.2. The second-order valence-electron chi connectivity index (χ2n) is 4.78. The molecule has 5 nitrogen and oxygen atoms in total. The molecule has 0 atom stereocenters. The number of amides is 1. The van der Waals surface area contributed by atoms with E-state index >= 15 is 0 Å². The Bertz CT molecular complexity index is 685. The number of fused-ring (bicyclic) bond motifs is 1. The van der Waals surface area contributed by atoms with Crippen molar-refractivity contribution in [1.82, 2.24) is 0 Å². The van der Waals surface area contributed by atoms with E-state index in [4.69, 9.17) is 9.15 Å². The number of ketones is 1. The fraction of sp³-hybridized carbons (Fsp3) is 0.250. The third-order valence-corrected chi connectivity index (χ3v) is 3.39. The van der Waals surface area contributed by atoms with Crippen LogP contribution >= 0.6 is 0 Å². The van der Waals surface area contributed by atoms with Gasteiger partial charge in [0.05, 0.1) is 17.7 Å². The average Bonchev–Trinajstić information content (AvgIpc) is 3.05. The monoisotopic (exact) mass is 285 g/mol. The summed E-state index contributed by atoms with van der Waals surface area (Å²) in [6, 6.07) is 7.07. The van der Waals surface area contributed by atoms with Crippen molar-refractivity contribution in [3.8, 4) is 5.75 Å². The summed E-state index contributed by atoms with van der Waals surface area (Å²) in [5.74, 6) is 0.988. The number of carbonyl (C=O) groups excluding carboxylic acids is 2. The highest BCUT2D eigenvalue weighted by Gasteiger charge is 2.29. The zero-order valence-electron chi connectivity index (χ0n) is 11.6. The molecule has 0 unspecified atom stereocenters. The molecule has 0 saturated heterocycles. The van der Waals surface area contributed by atoms with Crippen molar-refractivity contribution in [2.24, 2.45) is 0 Å². The van der Waals surface area contributed by atoms with E-state index in [1.807, 2.05) is 6.92 Å². The number of furan rings is 1. The lowest BCUT2D eigenvalue weighted by Crippen LogP contribution is -2.14. The minimum absolute atomic E-state index is 0.0319. The lowest BCUT2D eigenvalue weighted by atomic mass is 10.1. The van der Waals surface area contributed by atoms with E-state index in [0.29, 0.717) is 42.0 Å². The average molecular weight is 285 g/mol. The largest absolute Gasteiger partial charge is 0.494 e. The Balaban J connectivity index is 1.76. The minimum Gasteiger partial charge on any atom is -0.494 e. The number of anilines is 1. The highest BCUT2D eigenvalue weighted by Crippen LogP contribution is 2.28. The van der Waals surface area contributed by atoms with Crippen LogP contribution in [0.2, 0.25) is 0 Å². The van der Waals surface area contributed by atoms with Crippen LogP contribution in [-0.2, 0) is 6.42 Å². The molecular formula is C16H15NO4. The molecule has 0 spiro atoms. The number of hydrogen-bond acceptors (Lipinski definition) is 4. The molecule has 1 N–H and O–H groups in total. The van der Waals surface area contributed by atoms with Gasteiger partial charge in [-0.15, -0.1) is 0 Å². The molecule has 1 heterocycles. The fourth-order valence-electron chi connectivity index (χ4n) is 2.41. The van der Waals surface area contributed by atoms with Crippen LogP contribution in [0.25, 0.3) is 0 Å². The Kier molecular flexibility index (Phi) is 3.48. The highest BCUT2D eigenvalue weighted by molar-refractivity contribution is 6.14. The van der Waals surface area contributed by atoms with Gasteiger partial charge in [-0.05, 0) is 31.2 Å². The number of nitrogens with one attached hydrogen (secondary N) is 1. The summed E-state index contributed by atoms with van der Waals surface area (Å²) in [5, 5.41) is 2.76. The molecule has 2 aromatic rings. The first-order valence-corrected chi connectivity index (χ1v) is 6.87. The van der Waals surface area contributed by atoms with Crippen molar-refractivity contribution in [2.75, 3.05) is 11.9 Å². The van der Waals surface area contributed by atoms with Crippen LogP contribution in [0.5, 0.6) is 5.75 Å². The number of benzene rings is 1. The van der Waals surface area contributed by atoms with Crippen LogP contribution in [0.15, 0.2) is 34.9 Å². The van der Waals surface area contributed by atoms with Gasteiger partial charge < -0.3 is 14.5 Å². The molecule has 1 amide bonds. The molecule has 1 aromatic heterocycles. The predicted octanol–water partition coefficient (Wildman–Crippen LogP) is 3.06. The van der Waals surface area contributed by atoms with Crippen molar-refractivity contribution in [3.63, 3.8) is 0 Å². The number of Topliss-reactive ketones (excluding diaryl/α,β-unsaturated/α-hetero) is 1. The molecule has 0 aliphatic heterocycles. The normalized spacial score (nSPS) is 13.1. The summed E-state index contributed by atoms with van der Waals surface area (Å²) >= 11 is 0. The summed E-state index contributed by atoms with van der Waals surface area (Å²) in [4.78, 5) is 24.0. The van der Waals surface area contributed by atoms with Crippen LogP contribution in [0, 0.1) is 0 Å². The summed E-state index contributed by atoms with van der Waals surface area (Å²) in [6.07, 6.45) is 2.34. The minimum atomic E-state index is -0.334. The zero-order valence-corrected chi connectivity index (χ0v) is 11.6. The number of hydrogen-bond donors (Lipinski definition) is 1. The second-order valence-corrected chi connectivity index (χ2v) is 4.78. The Morgan fingerprint density at radius 2 is 2.05 bits per heavy atom. The van der Waals surface area contributed by atoms with Crippen LogP contribution in [-0.4, -0.2) is 18.3 Å². The van der Waals surface area contributed by atoms with E-state index in [9.17, 15) is 9.59 Å². The molecule has 1 aliphatic carbocycles. The highest BCUT2D eigenvalue weighted by atomic mass is 16.5. The lowest BCUT2D eigenvalue weighted by Gasteiger charge is -2.06. The summed E-state index contributed by atoms with van der Waals surface area (Å²) < 4.78 is 10.6. The maximum Gasteiger partial charge on any atom is 0.259 e. The van der Waals surface area contributed by atoms with E-state index in [2.05, 4.69) is 5.32 Å². The number of carbonyl (C=O) groups is 2. The van der Waals surface area contributed by atoms with Gasteiger partial charge in [0.25, 0.3) is 5.91 Å². The third kappa shape index (κ3) is 2.54. The Hall–Kier alpha value is -2.56. The van der Waals surface area contributed by atoms with Crippen LogP contribution < -0.4 is 10.1 Å². The molecule has 1 aromatic carbocycles. The van der Waals surface area contributed by atoms with Crippen LogP contribution in [0.4, 0.5) is 5.69 Å². The summed E-state index contributed by atoms with van der Waals surface area (Å²) in [6.45, 7) is 2.50. The predicted molar refractivity (Wildman–Crippen MR) is 76.9 cm³/mol. The van der Waals surface area contributed by atoms with Crippen LogP contribution in [0.1, 0.15) is 39.8 Å².